The van der Waals surface area contributed by atoms with Gasteiger partial charge in [-0.2, -0.15) is 0 Å². The maximum Gasteiger partial charge on any atom is 0.410 e. The highest BCUT2D eigenvalue weighted by Gasteiger charge is 2.36. The SMILES string of the molecule is Cn1c2c(c3ccccc31)CN(C(=O)OC(C)(C)C)CC2n1cccc(-c2ccc(Cl)cn2)c1=O. The molecule has 0 saturated heterocycles. The molecule has 5 rings (SSSR count). The quantitative estimate of drug-likeness (QED) is 0.377. The van der Waals surface area contributed by atoms with Crippen LogP contribution in [0.2, 0.25) is 5.02 Å². The largest absolute Gasteiger partial charge is 0.444 e. The van der Waals surface area contributed by atoms with Crippen LogP contribution in [0.15, 0.2) is 65.7 Å². The van der Waals surface area contributed by atoms with Gasteiger partial charge in [-0.3, -0.25) is 9.78 Å². The molecule has 0 radical (unpaired) electrons. The fraction of sp³-hybridized carbons (Fsp3) is 0.296. The maximum atomic E-state index is 13.7. The molecule has 0 spiro atoms. The van der Waals surface area contributed by atoms with Crippen LogP contribution < -0.4 is 5.56 Å². The second-order valence-electron chi connectivity index (χ2n) is 9.81. The molecule has 1 aliphatic heterocycles. The minimum atomic E-state index is -0.622. The zero-order chi connectivity index (χ0) is 24.9. The van der Waals surface area contributed by atoms with Crippen molar-refractivity contribution in [3.05, 3.63) is 87.6 Å². The van der Waals surface area contributed by atoms with E-state index in [4.69, 9.17) is 16.3 Å². The zero-order valence-electron chi connectivity index (χ0n) is 20.2. The lowest BCUT2D eigenvalue weighted by atomic mass is 10.00. The van der Waals surface area contributed by atoms with Crippen molar-refractivity contribution in [2.45, 2.75) is 39.0 Å². The number of aryl methyl sites for hydroxylation is 1. The number of hydrogen-bond donors (Lipinski definition) is 0. The van der Waals surface area contributed by atoms with Gasteiger partial charge in [0.1, 0.15) is 5.60 Å². The number of para-hydroxylation sites is 1. The summed E-state index contributed by atoms with van der Waals surface area (Å²) in [6, 6.07) is 14.7. The number of carbonyl (C=O) groups excluding carboxylic acids is 1. The number of amides is 1. The standard InChI is InChI=1S/C27H27ClN4O3/c1-27(2,3)35-26(34)31-15-20-18-8-5-6-10-22(18)30(4)24(20)23(16-31)32-13-7-9-19(25(32)33)21-12-11-17(28)14-29-21/h5-14,23H,15-16H2,1-4H3. The Morgan fingerprint density at radius 3 is 2.60 bits per heavy atom. The van der Waals surface area contributed by atoms with E-state index >= 15 is 0 Å². The molecule has 1 aromatic carbocycles. The van der Waals surface area contributed by atoms with Crippen LogP contribution in [0.25, 0.3) is 22.2 Å². The van der Waals surface area contributed by atoms with E-state index in [2.05, 4.69) is 21.7 Å². The molecule has 4 aromatic rings. The number of halogens is 1. The number of rotatable bonds is 2. The molecular formula is C27H27ClN4O3. The first-order valence-corrected chi connectivity index (χ1v) is 11.9. The minimum Gasteiger partial charge on any atom is -0.444 e. The van der Waals surface area contributed by atoms with Crippen molar-refractivity contribution < 1.29 is 9.53 Å². The molecule has 0 aliphatic carbocycles. The number of fused-ring (bicyclic) bond motifs is 3. The molecule has 1 unspecified atom stereocenters. The number of ether oxygens (including phenoxy) is 1. The van der Waals surface area contributed by atoms with Gasteiger partial charge in [-0.25, -0.2) is 4.79 Å². The molecule has 180 valence electrons. The van der Waals surface area contributed by atoms with E-state index in [1.54, 1.807) is 33.9 Å². The molecule has 0 N–H and O–H groups in total. The number of nitrogens with zero attached hydrogens (tertiary/aromatic N) is 4. The van der Waals surface area contributed by atoms with Crippen molar-refractivity contribution in [2.24, 2.45) is 7.05 Å². The average molecular weight is 491 g/mol. The molecule has 3 aromatic heterocycles. The van der Waals surface area contributed by atoms with E-state index < -0.39 is 17.7 Å². The van der Waals surface area contributed by atoms with Crippen LogP contribution in [-0.2, 0) is 18.3 Å². The van der Waals surface area contributed by atoms with Gasteiger partial charge in [0.2, 0.25) is 0 Å². The minimum absolute atomic E-state index is 0.186. The Morgan fingerprint density at radius 2 is 1.89 bits per heavy atom. The van der Waals surface area contributed by atoms with Crippen LogP contribution in [-0.4, -0.2) is 37.3 Å². The Balaban J connectivity index is 1.67. The van der Waals surface area contributed by atoms with Gasteiger partial charge in [0.15, 0.2) is 0 Å². The molecule has 0 fully saturated rings. The molecule has 35 heavy (non-hydrogen) atoms. The van der Waals surface area contributed by atoms with Crippen molar-refractivity contribution >= 4 is 28.6 Å². The number of carbonyl (C=O) groups is 1. The van der Waals surface area contributed by atoms with Gasteiger partial charge in [-0.1, -0.05) is 29.8 Å². The second-order valence-corrected chi connectivity index (χ2v) is 10.2. The van der Waals surface area contributed by atoms with Crippen LogP contribution in [0.3, 0.4) is 0 Å². The topological polar surface area (TPSA) is 69.4 Å². The summed E-state index contributed by atoms with van der Waals surface area (Å²) in [4.78, 5) is 32.9. The third kappa shape index (κ3) is 4.21. The molecule has 0 bridgehead atoms. The van der Waals surface area contributed by atoms with Gasteiger partial charge in [-0.05, 0) is 51.1 Å². The Labute approximate surface area is 208 Å². The molecule has 0 saturated carbocycles. The van der Waals surface area contributed by atoms with Gasteiger partial charge < -0.3 is 18.8 Å². The number of aromatic nitrogens is 3. The number of benzene rings is 1. The lowest BCUT2D eigenvalue weighted by Gasteiger charge is -2.35. The van der Waals surface area contributed by atoms with Crippen molar-refractivity contribution in [1.29, 1.82) is 0 Å². The van der Waals surface area contributed by atoms with Crippen LogP contribution >= 0.6 is 11.6 Å². The number of pyridine rings is 2. The third-order valence-corrected chi connectivity index (χ3v) is 6.51. The fourth-order valence-corrected chi connectivity index (χ4v) is 4.92. The van der Waals surface area contributed by atoms with E-state index in [0.29, 0.717) is 29.4 Å². The van der Waals surface area contributed by atoms with E-state index in [-0.39, 0.29) is 5.56 Å². The first kappa shape index (κ1) is 23.2. The normalized spacial score (nSPS) is 15.8. The summed E-state index contributed by atoms with van der Waals surface area (Å²) in [5.74, 6) is 0. The summed E-state index contributed by atoms with van der Waals surface area (Å²) in [7, 11) is 2.01. The summed E-state index contributed by atoms with van der Waals surface area (Å²) in [5, 5.41) is 1.57. The Hall–Kier alpha value is -3.58. The van der Waals surface area contributed by atoms with Gasteiger partial charge in [0, 0.05) is 41.6 Å². The molecular weight excluding hydrogens is 464 g/mol. The highest BCUT2D eigenvalue weighted by atomic mass is 35.5. The van der Waals surface area contributed by atoms with Gasteiger partial charge in [0.25, 0.3) is 5.56 Å². The lowest BCUT2D eigenvalue weighted by Crippen LogP contribution is -2.45. The monoisotopic (exact) mass is 490 g/mol. The Morgan fingerprint density at radius 1 is 1.11 bits per heavy atom. The van der Waals surface area contributed by atoms with Crippen molar-refractivity contribution in [3.63, 3.8) is 0 Å². The summed E-state index contributed by atoms with van der Waals surface area (Å²) in [6.45, 7) is 6.27. The van der Waals surface area contributed by atoms with Crippen LogP contribution in [0, 0.1) is 0 Å². The van der Waals surface area contributed by atoms with Crippen molar-refractivity contribution in [3.8, 4) is 11.3 Å². The predicted molar refractivity (Wildman–Crippen MR) is 137 cm³/mol. The average Bonchev–Trinajstić information content (AvgIpc) is 3.11. The van der Waals surface area contributed by atoms with Crippen LogP contribution in [0.1, 0.15) is 38.1 Å². The summed E-state index contributed by atoms with van der Waals surface area (Å²) in [6.07, 6.45) is 2.90. The molecule has 8 heteroatoms. The smallest absolute Gasteiger partial charge is 0.410 e. The van der Waals surface area contributed by atoms with Gasteiger partial charge in [-0.15, -0.1) is 0 Å². The number of hydrogen-bond acceptors (Lipinski definition) is 4. The molecule has 4 heterocycles. The summed E-state index contributed by atoms with van der Waals surface area (Å²) >= 11 is 6.00. The fourth-order valence-electron chi connectivity index (χ4n) is 4.80. The van der Waals surface area contributed by atoms with E-state index in [1.165, 1.54) is 6.20 Å². The highest BCUT2D eigenvalue weighted by molar-refractivity contribution is 6.30. The Kier molecular flexibility index (Phi) is 5.68. The van der Waals surface area contributed by atoms with Gasteiger partial charge >= 0.3 is 6.09 Å². The first-order valence-electron chi connectivity index (χ1n) is 11.5. The highest BCUT2D eigenvalue weighted by Crippen LogP contribution is 2.37. The van der Waals surface area contributed by atoms with E-state index in [1.807, 2.05) is 46.0 Å². The summed E-state index contributed by atoms with van der Waals surface area (Å²) < 4.78 is 9.52. The lowest BCUT2D eigenvalue weighted by molar-refractivity contribution is 0.0196. The second kappa shape index (κ2) is 8.57. The molecule has 1 aliphatic rings. The Bertz CT molecular complexity index is 1480. The predicted octanol–water partition coefficient (Wildman–Crippen LogP) is 5.40. The van der Waals surface area contributed by atoms with Crippen LogP contribution in [0.4, 0.5) is 4.79 Å². The zero-order valence-corrected chi connectivity index (χ0v) is 20.9. The van der Waals surface area contributed by atoms with Crippen molar-refractivity contribution in [1.82, 2.24) is 19.0 Å². The summed E-state index contributed by atoms with van der Waals surface area (Å²) in [5.41, 5.74) is 3.29. The third-order valence-electron chi connectivity index (χ3n) is 6.28. The van der Waals surface area contributed by atoms with Gasteiger partial charge in [0.05, 0.1) is 35.4 Å². The van der Waals surface area contributed by atoms with Crippen LogP contribution in [0.5, 0.6) is 0 Å². The van der Waals surface area contributed by atoms with E-state index in [0.717, 1.165) is 22.2 Å². The molecule has 1 atom stereocenters. The maximum absolute atomic E-state index is 13.7. The first-order chi connectivity index (χ1) is 16.6. The molecule has 1 amide bonds. The van der Waals surface area contributed by atoms with Crippen molar-refractivity contribution in [2.75, 3.05) is 6.54 Å². The van der Waals surface area contributed by atoms with E-state index in [9.17, 15) is 9.59 Å². The molecule has 7 nitrogen and oxygen atoms in total.